The van der Waals surface area contributed by atoms with E-state index in [0.717, 1.165) is 23.0 Å². The normalized spacial score (nSPS) is 10.8. The quantitative estimate of drug-likeness (QED) is 0.529. The molecule has 0 saturated heterocycles. The van der Waals surface area contributed by atoms with Gasteiger partial charge in [-0.3, -0.25) is 4.79 Å². The second-order valence-electron chi connectivity index (χ2n) is 6.56. The predicted molar refractivity (Wildman–Crippen MR) is 115 cm³/mol. The molecule has 0 bridgehead atoms. The van der Waals surface area contributed by atoms with Crippen LogP contribution in [0, 0.1) is 0 Å². The SMILES string of the molecule is COc1ccc(COc2cc(/C=C/C(=O)O)c(=O)n(Cc3ccc(OC)cc3)n2)cc1. The van der Waals surface area contributed by atoms with Crippen LogP contribution in [0.3, 0.4) is 0 Å². The van der Waals surface area contributed by atoms with Crippen LogP contribution in [0.2, 0.25) is 0 Å². The number of rotatable bonds is 9. The Morgan fingerprint density at radius 3 is 2.13 bits per heavy atom. The molecule has 1 N–H and O–H groups in total. The van der Waals surface area contributed by atoms with Crippen molar-refractivity contribution in [3.05, 3.63) is 87.7 Å². The number of carbonyl (C=O) groups is 1. The molecule has 0 atom stereocenters. The number of aliphatic carboxylic acids is 1. The maximum atomic E-state index is 12.8. The van der Waals surface area contributed by atoms with Crippen molar-refractivity contribution in [1.82, 2.24) is 9.78 Å². The van der Waals surface area contributed by atoms with Gasteiger partial charge in [0.15, 0.2) is 0 Å². The Bertz CT molecular complexity index is 1120. The van der Waals surface area contributed by atoms with E-state index in [1.54, 1.807) is 26.4 Å². The van der Waals surface area contributed by atoms with Gasteiger partial charge in [0.05, 0.1) is 20.8 Å². The lowest BCUT2D eigenvalue weighted by atomic mass is 10.2. The molecule has 8 heteroatoms. The molecule has 0 aliphatic rings. The van der Waals surface area contributed by atoms with Crippen molar-refractivity contribution in [2.45, 2.75) is 13.2 Å². The van der Waals surface area contributed by atoms with Crippen LogP contribution in [-0.2, 0) is 17.9 Å². The lowest BCUT2D eigenvalue weighted by Gasteiger charge is -2.11. The highest BCUT2D eigenvalue weighted by Gasteiger charge is 2.10. The topological polar surface area (TPSA) is 99.9 Å². The monoisotopic (exact) mass is 422 g/mol. The largest absolute Gasteiger partial charge is 0.497 e. The average Bonchev–Trinajstić information content (AvgIpc) is 2.79. The van der Waals surface area contributed by atoms with Gasteiger partial charge in [0.1, 0.15) is 18.1 Å². The van der Waals surface area contributed by atoms with E-state index in [4.69, 9.17) is 19.3 Å². The highest BCUT2D eigenvalue weighted by Crippen LogP contribution is 2.16. The van der Waals surface area contributed by atoms with Crippen LogP contribution in [0.15, 0.2) is 65.5 Å². The van der Waals surface area contributed by atoms with Crippen LogP contribution in [0.1, 0.15) is 16.7 Å². The van der Waals surface area contributed by atoms with Gasteiger partial charge in [-0.25, -0.2) is 9.48 Å². The lowest BCUT2D eigenvalue weighted by molar-refractivity contribution is -0.131. The number of carboxylic acid groups (broad SMARTS) is 1. The van der Waals surface area contributed by atoms with E-state index in [0.29, 0.717) is 5.75 Å². The number of benzene rings is 2. The number of methoxy groups -OCH3 is 2. The molecule has 0 saturated carbocycles. The molecular formula is C23H22N2O6. The van der Waals surface area contributed by atoms with Gasteiger partial charge in [-0.05, 0) is 41.5 Å². The summed E-state index contributed by atoms with van der Waals surface area (Å²) in [6, 6.07) is 16.0. The number of nitrogens with zero attached hydrogens (tertiary/aromatic N) is 2. The molecule has 0 fully saturated rings. The van der Waals surface area contributed by atoms with Gasteiger partial charge in [-0.1, -0.05) is 24.3 Å². The molecule has 2 aromatic carbocycles. The fourth-order valence-corrected chi connectivity index (χ4v) is 2.78. The third-order valence-corrected chi connectivity index (χ3v) is 4.42. The van der Waals surface area contributed by atoms with Gasteiger partial charge >= 0.3 is 5.97 Å². The summed E-state index contributed by atoms with van der Waals surface area (Å²) in [5.74, 6) is 0.481. The van der Waals surface area contributed by atoms with Crippen LogP contribution >= 0.6 is 0 Å². The van der Waals surface area contributed by atoms with Crippen molar-refractivity contribution in [3.63, 3.8) is 0 Å². The highest BCUT2D eigenvalue weighted by atomic mass is 16.5. The van der Waals surface area contributed by atoms with Crippen molar-refractivity contribution in [1.29, 1.82) is 0 Å². The number of hydrogen-bond donors (Lipinski definition) is 1. The van der Waals surface area contributed by atoms with Gasteiger partial charge in [0.2, 0.25) is 5.88 Å². The van der Waals surface area contributed by atoms with Crippen molar-refractivity contribution >= 4 is 12.0 Å². The van der Waals surface area contributed by atoms with Crippen LogP contribution in [-0.4, -0.2) is 35.1 Å². The van der Waals surface area contributed by atoms with Gasteiger partial charge in [0.25, 0.3) is 5.56 Å². The van der Waals surface area contributed by atoms with Crippen LogP contribution in [0.25, 0.3) is 6.08 Å². The maximum Gasteiger partial charge on any atom is 0.328 e. The molecule has 3 rings (SSSR count). The summed E-state index contributed by atoms with van der Waals surface area (Å²) in [4.78, 5) is 23.7. The fraction of sp³-hybridized carbons (Fsp3) is 0.174. The smallest absolute Gasteiger partial charge is 0.328 e. The Balaban J connectivity index is 1.87. The Labute approximate surface area is 178 Å². The van der Waals surface area contributed by atoms with E-state index in [-0.39, 0.29) is 24.6 Å². The second-order valence-corrected chi connectivity index (χ2v) is 6.56. The van der Waals surface area contributed by atoms with Gasteiger partial charge in [0, 0.05) is 17.7 Å². The third-order valence-electron chi connectivity index (χ3n) is 4.42. The molecule has 0 radical (unpaired) electrons. The van der Waals surface area contributed by atoms with E-state index in [1.807, 2.05) is 36.4 Å². The van der Waals surface area contributed by atoms with Crippen molar-refractivity contribution in [2.24, 2.45) is 0 Å². The third kappa shape index (κ3) is 5.96. The first-order chi connectivity index (χ1) is 15.0. The van der Waals surface area contributed by atoms with Gasteiger partial charge in [-0.15, -0.1) is 5.10 Å². The fourth-order valence-electron chi connectivity index (χ4n) is 2.78. The van der Waals surface area contributed by atoms with E-state index in [9.17, 15) is 9.59 Å². The van der Waals surface area contributed by atoms with Gasteiger partial charge in [-0.2, -0.15) is 0 Å². The molecule has 3 aromatic rings. The Hall–Kier alpha value is -4.07. The second kappa shape index (κ2) is 10.1. The molecule has 31 heavy (non-hydrogen) atoms. The van der Waals surface area contributed by atoms with E-state index < -0.39 is 11.5 Å². The molecule has 1 heterocycles. The molecule has 1 aromatic heterocycles. The lowest BCUT2D eigenvalue weighted by Crippen LogP contribution is -2.26. The van der Waals surface area contributed by atoms with Crippen molar-refractivity contribution in [2.75, 3.05) is 14.2 Å². The Morgan fingerprint density at radius 2 is 1.58 bits per heavy atom. The first-order valence-electron chi connectivity index (χ1n) is 9.40. The molecular weight excluding hydrogens is 400 g/mol. The minimum Gasteiger partial charge on any atom is -0.497 e. The first kappa shape index (κ1) is 21.6. The number of aromatic nitrogens is 2. The minimum absolute atomic E-state index is 0.163. The molecule has 0 aliphatic carbocycles. The predicted octanol–water partition coefficient (Wildman–Crippen LogP) is 2.99. The molecule has 0 aliphatic heterocycles. The average molecular weight is 422 g/mol. The number of hydrogen-bond acceptors (Lipinski definition) is 6. The molecule has 0 spiro atoms. The standard InChI is InChI=1S/C23H22N2O6/c1-29-19-8-3-16(4-9-19)14-25-23(28)18(7-12-22(26)27)13-21(24-25)31-15-17-5-10-20(30-2)11-6-17/h3-13H,14-15H2,1-2H3,(H,26,27)/b12-7+. The number of ether oxygens (including phenoxy) is 3. The summed E-state index contributed by atoms with van der Waals surface area (Å²) in [5, 5.41) is 13.2. The zero-order valence-electron chi connectivity index (χ0n) is 17.1. The Morgan fingerprint density at radius 1 is 1.00 bits per heavy atom. The van der Waals surface area contributed by atoms with Crippen LogP contribution in [0.4, 0.5) is 0 Å². The summed E-state index contributed by atoms with van der Waals surface area (Å²) in [6.45, 7) is 0.413. The number of carboxylic acids is 1. The molecule has 160 valence electrons. The molecule has 8 nitrogen and oxygen atoms in total. The maximum absolute atomic E-state index is 12.8. The Kier molecular flexibility index (Phi) is 7.05. The van der Waals surface area contributed by atoms with Gasteiger partial charge < -0.3 is 19.3 Å². The summed E-state index contributed by atoms with van der Waals surface area (Å²) < 4.78 is 17.3. The van der Waals surface area contributed by atoms with Crippen molar-refractivity contribution in [3.8, 4) is 17.4 Å². The zero-order valence-corrected chi connectivity index (χ0v) is 17.1. The summed E-state index contributed by atoms with van der Waals surface area (Å²) >= 11 is 0. The summed E-state index contributed by atoms with van der Waals surface area (Å²) in [6.07, 6.45) is 2.14. The summed E-state index contributed by atoms with van der Waals surface area (Å²) in [7, 11) is 3.17. The van der Waals surface area contributed by atoms with E-state index in [2.05, 4.69) is 5.10 Å². The van der Waals surface area contributed by atoms with Crippen molar-refractivity contribution < 1.29 is 24.1 Å². The zero-order chi connectivity index (χ0) is 22.2. The van der Waals surface area contributed by atoms with Crippen LogP contribution in [0.5, 0.6) is 17.4 Å². The summed E-state index contributed by atoms with van der Waals surface area (Å²) in [5.41, 5.74) is 1.45. The first-order valence-corrected chi connectivity index (χ1v) is 9.40. The molecule has 0 amide bonds. The molecule has 0 unspecified atom stereocenters. The minimum atomic E-state index is -1.15. The van der Waals surface area contributed by atoms with E-state index in [1.165, 1.54) is 16.8 Å². The highest BCUT2D eigenvalue weighted by molar-refractivity contribution is 5.85. The van der Waals surface area contributed by atoms with Crippen LogP contribution < -0.4 is 19.8 Å². The van der Waals surface area contributed by atoms with E-state index >= 15 is 0 Å².